The van der Waals surface area contributed by atoms with Gasteiger partial charge >= 0.3 is 0 Å². The molecule has 3 saturated heterocycles. The van der Waals surface area contributed by atoms with Crippen LogP contribution in [0.4, 0.5) is 0 Å². The van der Waals surface area contributed by atoms with Gasteiger partial charge in [-0.15, -0.1) is 0 Å². The maximum absolute atomic E-state index is 5.31. The van der Waals surface area contributed by atoms with Crippen molar-refractivity contribution in [3.63, 3.8) is 0 Å². The summed E-state index contributed by atoms with van der Waals surface area (Å²) in [7, 11) is 0. The summed E-state index contributed by atoms with van der Waals surface area (Å²) >= 11 is 0. The van der Waals surface area contributed by atoms with E-state index in [2.05, 4.69) is 0 Å². The van der Waals surface area contributed by atoms with Gasteiger partial charge in [0.2, 0.25) is 0 Å². The molecule has 0 radical (unpaired) electrons. The zero-order valence-corrected chi connectivity index (χ0v) is 5.76. The van der Waals surface area contributed by atoms with Crippen LogP contribution in [0.25, 0.3) is 0 Å². The van der Waals surface area contributed by atoms with E-state index in [-0.39, 0.29) is 24.8 Å². The van der Waals surface area contributed by atoms with Gasteiger partial charge in [-0.1, -0.05) is 0 Å². The molecule has 0 aliphatic carbocycles. The highest BCUT2D eigenvalue weighted by Gasteiger charge is 2.53. The first-order chi connectivity index (χ1) is 5.45. The molecule has 0 unspecified atom stereocenters. The maximum atomic E-state index is 5.31. The minimum Gasteiger partial charge on any atom is -0.344 e. The lowest BCUT2D eigenvalue weighted by atomic mass is 10.2. The molecule has 4 atom stereocenters. The van der Waals surface area contributed by atoms with Gasteiger partial charge in [-0.3, -0.25) is 0 Å². The number of ether oxygens (including phenoxy) is 5. The second-order valence-electron chi connectivity index (χ2n) is 2.70. The highest BCUT2D eigenvalue weighted by Crippen LogP contribution is 2.34. The van der Waals surface area contributed by atoms with Crippen molar-refractivity contribution in [2.24, 2.45) is 0 Å². The van der Waals surface area contributed by atoms with Crippen molar-refractivity contribution in [2.75, 3.05) is 13.6 Å². The van der Waals surface area contributed by atoms with Crippen LogP contribution in [0.15, 0.2) is 0 Å². The molecule has 5 heteroatoms. The van der Waals surface area contributed by atoms with Crippen LogP contribution in [0.2, 0.25) is 0 Å². The van der Waals surface area contributed by atoms with E-state index >= 15 is 0 Å². The van der Waals surface area contributed by atoms with Gasteiger partial charge in [-0.05, 0) is 0 Å². The summed E-state index contributed by atoms with van der Waals surface area (Å²) in [5, 5.41) is 0. The Hall–Kier alpha value is -0.200. The predicted molar refractivity (Wildman–Crippen MR) is 30.3 cm³/mol. The minimum absolute atomic E-state index is 0.0949. The van der Waals surface area contributed by atoms with Crippen molar-refractivity contribution in [1.82, 2.24) is 0 Å². The fraction of sp³-hybridized carbons (Fsp3) is 1.00. The Morgan fingerprint density at radius 3 is 1.82 bits per heavy atom. The fourth-order valence-electron chi connectivity index (χ4n) is 1.58. The topological polar surface area (TPSA) is 46.2 Å². The fourth-order valence-corrected chi connectivity index (χ4v) is 1.58. The molecule has 0 saturated carbocycles. The molecule has 3 rings (SSSR count). The first-order valence-corrected chi connectivity index (χ1v) is 3.57. The van der Waals surface area contributed by atoms with Crippen LogP contribution in [0, 0.1) is 0 Å². The molecule has 0 aromatic carbocycles. The van der Waals surface area contributed by atoms with E-state index in [0.717, 1.165) is 0 Å². The van der Waals surface area contributed by atoms with E-state index in [4.69, 9.17) is 23.7 Å². The van der Waals surface area contributed by atoms with Crippen LogP contribution < -0.4 is 0 Å². The average molecular weight is 160 g/mol. The van der Waals surface area contributed by atoms with Crippen LogP contribution >= 0.6 is 0 Å². The standard InChI is InChI=1S/C6H8O5/c1-7-3-4-6(10-2-8-4)11-5(3)9-1/h3-6H,1-2H2/t3-,4+,5-,6-/m0/s1. The molecule has 3 aliphatic heterocycles. The van der Waals surface area contributed by atoms with E-state index in [0.29, 0.717) is 13.6 Å². The third-order valence-corrected chi connectivity index (χ3v) is 2.11. The molecule has 62 valence electrons. The summed E-state index contributed by atoms with van der Waals surface area (Å²) in [5.74, 6) is 0. The van der Waals surface area contributed by atoms with E-state index in [1.165, 1.54) is 0 Å². The lowest BCUT2D eigenvalue weighted by Crippen LogP contribution is -2.29. The van der Waals surface area contributed by atoms with Gasteiger partial charge in [0.15, 0.2) is 26.2 Å². The first kappa shape index (κ1) is 6.33. The molecular weight excluding hydrogens is 152 g/mol. The summed E-state index contributed by atoms with van der Waals surface area (Å²) in [5.41, 5.74) is 0. The summed E-state index contributed by atoms with van der Waals surface area (Å²) in [6.45, 7) is 0.587. The Bertz CT molecular complexity index is 154. The number of rotatable bonds is 0. The van der Waals surface area contributed by atoms with Gasteiger partial charge in [0.1, 0.15) is 12.2 Å². The molecule has 3 fully saturated rings. The molecule has 3 aliphatic rings. The lowest BCUT2D eigenvalue weighted by Gasteiger charge is -2.08. The van der Waals surface area contributed by atoms with Gasteiger partial charge in [-0.25, -0.2) is 0 Å². The van der Waals surface area contributed by atoms with Gasteiger partial charge in [0, 0.05) is 0 Å². The van der Waals surface area contributed by atoms with Gasteiger partial charge in [0.25, 0.3) is 0 Å². The van der Waals surface area contributed by atoms with Crippen LogP contribution in [-0.4, -0.2) is 38.4 Å². The van der Waals surface area contributed by atoms with E-state index in [1.807, 2.05) is 0 Å². The molecule has 0 aromatic rings. The van der Waals surface area contributed by atoms with Crippen molar-refractivity contribution in [3.8, 4) is 0 Å². The van der Waals surface area contributed by atoms with E-state index in [1.54, 1.807) is 0 Å². The van der Waals surface area contributed by atoms with E-state index in [9.17, 15) is 0 Å². The van der Waals surface area contributed by atoms with Crippen molar-refractivity contribution >= 4 is 0 Å². The van der Waals surface area contributed by atoms with Crippen molar-refractivity contribution in [1.29, 1.82) is 0 Å². The summed E-state index contributed by atoms with van der Waals surface area (Å²) < 4.78 is 26.0. The van der Waals surface area contributed by atoms with Gasteiger partial charge in [0.05, 0.1) is 0 Å². The van der Waals surface area contributed by atoms with Crippen LogP contribution in [-0.2, 0) is 23.7 Å². The second-order valence-corrected chi connectivity index (χ2v) is 2.70. The molecule has 0 aromatic heterocycles. The maximum Gasteiger partial charge on any atom is 0.192 e. The zero-order chi connectivity index (χ0) is 7.26. The second kappa shape index (κ2) is 2.15. The number of fused-ring (bicyclic) bond motifs is 3. The Labute approximate surface area is 63.1 Å². The van der Waals surface area contributed by atoms with Crippen molar-refractivity contribution < 1.29 is 23.7 Å². The molecule has 3 heterocycles. The third-order valence-electron chi connectivity index (χ3n) is 2.11. The normalized spacial score (nSPS) is 54.5. The number of hydrogen-bond acceptors (Lipinski definition) is 5. The smallest absolute Gasteiger partial charge is 0.192 e. The predicted octanol–water partition coefficient (Wildman–Crippen LogP) is -0.585. The average Bonchev–Trinajstić information content (AvgIpc) is 2.52. The molecule has 11 heavy (non-hydrogen) atoms. The Morgan fingerprint density at radius 1 is 0.727 bits per heavy atom. The largest absolute Gasteiger partial charge is 0.344 e. The molecular formula is C6H8O5. The zero-order valence-electron chi connectivity index (χ0n) is 5.76. The SMILES string of the molecule is C1O[C@H]2O[C@@H]3OCO[C@@H]3[C@@H]2O1. The monoisotopic (exact) mass is 160 g/mol. The van der Waals surface area contributed by atoms with Gasteiger partial charge < -0.3 is 23.7 Å². The van der Waals surface area contributed by atoms with E-state index < -0.39 is 0 Å². The lowest BCUT2D eigenvalue weighted by molar-refractivity contribution is -0.187. The van der Waals surface area contributed by atoms with Gasteiger partial charge in [-0.2, -0.15) is 0 Å². The Morgan fingerprint density at radius 2 is 1.27 bits per heavy atom. The quantitative estimate of drug-likeness (QED) is 0.474. The molecule has 0 spiro atoms. The van der Waals surface area contributed by atoms with Crippen molar-refractivity contribution in [2.45, 2.75) is 24.8 Å². The molecule has 0 amide bonds. The highest BCUT2D eigenvalue weighted by molar-refractivity contribution is 4.88. The van der Waals surface area contributed by atoms with Crippen LogP contribution in [0.5, 0.6) is 0 Å². The highest BCUT2D eigenvalue weighted by atomic mass is 16.9. The van der Waals surface area contributed by atoms with Crippen LogP contribution in [0.3, 0.4) is 0 Å². The molecule has 0 N–H and O–H groups in total. The summed E-state index contributed by atoms with van der Waals surface area (Å²) in [6.07, 6.45) is -0.763. The Balaban J connectivity index is 1.84. The third kappa shape index (κ3) is 0.771. The Kier molecular flexibility index (Phi) is 1.24. The minimum atomic E-state index is -0.287. The van der Waals surface area contributed by atoms with Crippen LogP contribution in [0.1, 0.15) is 0 Å². The molecule has 0 bridgehead atoms. The summed E-state index contributed by atoms with van der Waals surface area (Å²) in [6, 6.07) is 0. The first-order valence-electron chi connectivity index (χ1n) is 3.57. The van der Waals surface area contributed by atoms with Crippen molar-refractivity contribution in [3.05, 3.63) is 0 Å². The number of hydrogen-bond donors (Lipinski definition) is 0. The molecule has 5 nitrogen and oxygen atoms in total. The summed E-state index contributed by atoms with van der Waals surface area (Å²) in [4.78, 5) is 0.